The molecule has 1 aromatic carbocycles. The van der Waals surface area contributed by atoms with E-state index in [2.05, 4.69) is 5.32 Å². The highest BCUT2D eigenvalue weighted by Crippen LogP contribution is 2.15. The highest BCUT2D eigenvalue weighted by atomic mass is 32.1. The Labute approximate surface area is 118 Å². The largest absolute Gasteiger partial charge is 0.349 e. The van der Waals surface area contributed by atoms with Crippen LogP contribution in [0.15, 0.2) is 29.6 Å². The summed E-state index contributed by atoms with van der Waals surface area (Å²) in [6.07, 6.45) is 0.621. The van der Waals surface area contributed by atoms with Gasteiger partial charge in [0.2, 0.25) is 0 Å². The number of nitrogens with one attached hydrogen (secondary N) is 1. The molecule has 0 spiro atoms. The molecule has 1 aromatic heterocycles. The number of benzene rings is 1. The summed E-state index contributed by atoms with van der Waals surface area (Å²) in [5.41, 5.74) is -0.237. The molecule has 0 aliphatic heterocycles. The summed E-state index contributed by atoms with van der Waals surface area (Å²) in [7, 11) is 0. The van der Waals surface area contributed by atoms with Crippen LogP contribution >= 0.6 is 11.3 Å². The lowest BCUT2D eigenvalue weighted by Gasteiger charge is -2.13. The van der Waals surface area contributed by atoms with Crippen molar-refractivity contribution in [1.82, 2.24) is 5.32 Å². The highest BCUT2D eigenvalue weighted by molar-refractivity contribution is 7.09. The van der Waals surface area contributed by atoms with Crippen LogP contribution in [0, 0.1) is 17.5 Å². The van der Waals surface area contributed by atoms with Gasteiger partial charge in [0.05, 0.1) is 0 Å². The molecule has 0 saturated heterocycles. The number of hydrogen-bond acceptors (Lipinski definition) is 2. The number of rotatable bonds is 4. The molecule has 1 unspecified atom stereocenters. The Kier molecular flexibility index (Phi) is 4.44. The smallest absolute Gasteiger partial charge is 0.251 e. The van der Waals surface area contributed by atoms with E-state index in [-0.39, 0.29) is 11.6 Å². The van der Waals surface area contributed by atoms with Gasteiger partial charge in [-0.15, -0.1) is 11.3 Å². The molecule has 1 heterocycles. The molecular formula is C14H12F3NOS. The summed E-state index contributed by atoms with van der Waals surface area (Å²) >= 11 is 1.56. The van der Waals surface area contributed by atoms with Crippen LogP contribution in [-0.4, -0.2) is 11.9 Å². The summed E-state index contributed by atoms with van der Waals surface area (Å²) < 4.78 is 38.9. The summed E-state index contributed by atoms with van der Waals surface area (Å²) in [5, 5.41) is 4.55. The van der Waals surface area contributed by atoms with Gasteiger partial charge in [-0.1, -0.05) is 6.07 Å². The van der Waals surface area contributed by atoms with Crippen LogP contribution in [0.2, 0.25) is 0 Å². The molecule has 20 heavy (non-hydrogen) atoms. The van der Waals surface area contributed by atoms with Gasteiger partial charge in [-0.3, -0.25) is 4.79 Å². The maximum atomic E-state index is 13.0. The summed E-state index contributed by atoms with van der Waals surface area (Å²) in [6.45, 7) is 1.79. The van der Waals surface area contributed by atoms with E-state index in [1.165, 1.54) is 0 Å². The second kappa shape index (κ2) is 6.09. The maximum Gasteiger partial charge on any atom is 0.251 e. The average molecular weight is 299 g/mol. The highest BCUT2D eigenvalue weighted by Gasteiger charge is 2.16. The lowest BCUT2D eigenvalue weighted by Crippen LogP contribution is -2.34. The summed E-state index contributed by atoms with van der Waals surface area (Å²) in [5.74, 6) is -4.96. The minimum atomic E-state index is -1.58. The topological polar surface area (TPSA) is 29.1 Å². The zero-order valence-corrected chi connectivity index (χ0v) is 11.4. The quantitative estimate of drug-likeness (QED) is 0.860. The van der Waals surface area contributed by atoms with E-state index < -0.39 is 23.4 Å². The van der Waals surface area contributed by atoms with Crippen LogP contribution in [0.25, 0.3) is 0 Å². The molecule has 0 fully saturated rings. The van der Waals surface area contributed by atoms with Gasteiger partial charge in [0.15, 0.2) is 17.5 Å². The third-order valence-electron chi connectivity index (χ3n) is 2.71. The minimum Gasteiger partial charge on any atom is -0.349 e. The minimum absolute atomic E-state index is 0.197. The lowest BCUT2D eigenvalue weighted by atomic mass is 10.1. The normalized spacial score (nSPS) is 12.2. The number of thiophene rings is 1. The third-order valence-corrected chi connectivity index (χ3v) is 3.61. The fourth-order valence-electron chi connectivity index (χ4n) is 1.78. The Balaban J connectivity index is 2.04. The lowest BCUT2D eigenvalue weighted by molar-refractivity contribution is 0.0939. The summed E-state index contributed by atoms with van der Waals surface area (Å²) in [6, 6.07) is 5.01. The predicted molar refractivity (Wildman–Crippen MR) is 71.3 cm³/mol. The molecule has 2 rings (SSSR count). The van der Waals surface area contributed by atoms with Gasteiger partial charge in [-0.25, -0.2) is 13.2 Å². The second-order valence-electron chi connectivity index (χ2n) is 4.41. The van der Waals surface area contributed by atoms with E-state index in [0.29, 0.717) is 18.6 Å². The van der Waals surface area contributed by atoms with Crippen molar-refractivity contribution in [3.05, 3.63) is 57.5 Å². The van der Waals surface area contributed by atoms with Crippen molar-refractivity contribution < 1.29 is 18.0 Å². The van der Waals surface area contributed by atoms with Crippen LogP contribution in [-0.2, 0) is 6.42 Å². The Morgan fingerprint density at radius 1 is 1.30 bits per heavy atom. The molecule has 0 radical (unpaired) electrons. The van der Waals surface area contributed by atoms with E-state index in [4.69, 9.17) is 0 Å². The molecule has 0 aliphatic carbocycles. The SMILES string of the molecule is CC(Cc1cccs1)NC(=O)c1cc(F)c(F)c(F)c1. The molecule has 1 N–H and O–H groups in total. The molecule has 0 bridgehead atoms. The fourth-order valence-corrected chi connectivity index (χ4v) is 2.61. The zero-order chi connectivity index (χ0) is 14.7. The number of hydrogen-bond donors (Lipinski definition) is 1. The number of carbonyl (C=O) groups is 1. The van der Waals surface area contributed by atoms with Crippen molar-refractivity contribution in [2.45, 2.75) is 19.4 Å². The molecule has 1 atom stereocenters. The van der Waals surface area contributed by atoms with E-state index in [0.717, 1.165) is 4.88 Å². The molecule has 106 valence electrons. The first-order valence-electron chi connectivity index (χ1n) is 5.95. The van der Waals surface area contributed by atoms with Gasteiger partial charge in [0.25, 0.3) is 5.91 Å². The van der Waals surface area contributed by atoms with Crippen molar-refractivity contribution in [2.24, 2.45) is 0 Å². The van der Waals surface area contributed by atoms with Gasteiger partial charge in [-0.2, -0.15) is 0 Å². The monoisotopic (exact) mass is 299 g/mol. The zero-order valence-electron chi connectivity index (χ0n) is 10.6. The van der Waals surface area contributed by atoms with Crippen molar-refractivity contribution in [1.29, 1.82) is 0 Å². The van der Waals surface area contributed by atoms with Gasteiger partial charge >= 0.3 is 0 Å². The van der Waals surface area contributed by atoms with Gasteiger partial charge in [0.1, 0.15) is 0 Å². The van der Waals surface area contributed by atoms with Gasteiger partial charge < -0.3 is 5.32 Å². The van der Waals surface area contributed by atoms with Crippen molar-refractivity contribution in [3.63, 3.8) is 0 Å². The Morgan fingerprint density at radius 2 is 1.95 bits per heavy atom. The van der Waals surface area contributed by atoms with Crippen molar-refractivity contribution >= 4 is 17.2 Å². The summed E-state index contributed by atoms with van der Waals surface area (Å²) in [4.78, 5) is 12.9. The van der Waals surface area contributed by atoms with E-state index in [1.807, 2.05) is 17.5 Å². The number of amides is 1. The van der Waals surface area contributed by atoms with Crippen LogP contribution < -0.4 is 5.32 Å². The predicted octanol–water partition coefficient (Wildman–Crippen LogP) is 3.53. The molecule has 2 nitrogen and oxygen atoms in total. The average Bonchev–Trinajstić information content (AvgIpc) is 2.87. The Bertz CT molecular complexity index is 590. The Morgan fingerprint density at radius 3 is 2.50 bits per heavy atom. The van der Waals surface area contributed by atoms with Crippen molar-refractivity contribution in [3.8, 4) is 0 Å². The fraction of sp³-hybridized carbons (Fsp3) is 0.214. The standard InChI is InChI=1S/C14H12F3NOS/c1-8(5-10-3-2-4-20-10)18-14(19)9-6-11(15)13(17)12(16)7-9/h2-4,6-8H,5H2,1H3,(H,18,19). The van der Waals surface area contributed by atoms with E-state index in [1.54, 1.807) is 18.3 Å². The van der Waals surface area contributed by atoms with Gasteiger partial charge in [0, 0.05) is 22.9 Å². The Hall–Kier alpha value is -1.82. The van der Waals surface area contributed by atoms with Crippen LogP contribution in [0.1, 0.15) is 22.2 Å². The molecule has 0 saturated carbocycles. The molecule has 0 aliphatic rings. The maximum absolute atomic E-state index is 13.0. The van der Waals surface area contributed by atoms with Crippen LogP contribution in [0.5, 0.6) is 0 Å². The van der Waals surface area contributed by atoms with Crippen molar-refractivity contribution in [2.75, 3.05) is 0 Å². The van der Waals surface area contributed by atoms with E-state index >= 15 is 0 Å². The second-order valence-corrected chi connectivity index (χ2v) is 5.44. The first-order valence-corrected chi connectivity index (χ1v) is 6.83. The van der Waals surface area contributed by atoms with Crippen LogP contribution in [0.4, 0.5) is 13.2 Å². The number of carbonyl (C=O) groups excluding carboxylic acids is 1. The third kappa shape index (κ3) is 3.39. The molecular weight excluding hydrogens is 287 g/mol. The molecule has 2 aromatic rings. The first-order chi connectivity index (χ1) is 9.47. The molecule has 6 heteroatoms. The number of halogens is 3. The van der Waals surface area contributed by atoms with E-state index in [9.17, 15) is 18.0 Å². The molecule has 1 amide bonds. The first kappa shape index (κ1) is 14.6. The van der Waals surface area contributed by atoms with Crippen LogP contribution in [0.3, 0.4) is 0 Å². The van der Waals surface area contributed by atoms with Gasteiger partial charge in [-0.05, 0) is 30.5 Å².